The van der Waals surface area contributed by atoms with E-state index in [4.69, 9.17) is 0 Å². The molecule has 0 saturated carbocycles. The minimum absolute atomic E-state index is 0. The Kier molecular flexibility index (Phi) is 128. The van der Waals surface area contributed by atoms with Crippen molar-refractivity contribution in [1.29, 1.82) is 0 Å². The molecule has 0 bridgehead atoms. The van der Waals surface area contributed by atoms with Gasteiger partial charge in [-0.3, -0.25) is 0 Å². The second-order valence-electron chi connectivity index (χ2n) is 0. The van der Waals surface area contributed by atoms with Crippen molar-refractivity contribution in [3.63, 3.8) is 0 Å². The summed E-state index contributed by atoms with van der Waals surface area (Å²) in [6.45, 7) is 0. The van der Waals surface area contributed by atoms with Crippen molar-refractivity contribution in [3.05, 3.63) is 0 Å². The van der Waals surface area contributed by atoms with E-state index in [2.05, 4.69) is 0 Å². The summed E-state index contributed by atoms with van der Waals surface area (Å²) in [5, 5.41) is 0. The zero-order valence-corrected chi connectivity index (χ0v) is 9.81. The topological polar surface area (TPSA) is 60.0 Å². The second-order valence-corrected chi connectivity index (χ2v) is 0. The van der Waals surface area contributed by atoms with Gasteiger partial charge < -0.3 is 11.0 Å². The van der Waals surface area contributed by atoms with E-state index in [1.54, 1.807) is 0 Å². The Morgan fingerprint density at radius 1 is 0.750 bits per heavy atom. The molecule has 0 spiro atoms. The van der Waals surface area contributed by atoms with Crippen LogP contribution >= 0.6 is 0 Å². The van der Waals surface area contributed by atoms with Crippen LogP contribution in [-0.4, -0.2) is 11.0 Å². The van der Waals surface area contributed by atoms with Gasteiger partial charge in [0.05, 0.1) is 0 Å². The van der Waals surface area contributed by atoms with E-state index in [1.807, 2.05) is 0 Å². The minimum Gasteiger partial charge on any atom is -0.870 e. The molecule has 16 valence electrons. The Morgan fingerprint density at radius 2 is 0.750 bits per heavy atom. The van der Waals surface area contributed by atoms with Gasteiger partial charge in [0.15, 0.2) is 0 Å². The zero-order valence-electron chi connectivity index (χ0n) is 2.89. The van der Waals surface area contributed by atoms with Gasteiger partial charge in [-0.15, -0.1) is 0 Å². The van der Waals surface area contributed by atoms with Crippen LogP contribution in [0.2, 0.25) is 0 Å². The largest absolute Gasteiger partial charge is 1.00 e. The molecular formula is H2NaO2Rb. The Balaban J connectivity index is 0. The van der Waals surface area contributed by atoms with Crippen LogP contribution < -0.4 is 87.7 Å². The summed E-state index contributed by atoms with van der Waals surface area (Å²) in [4.78, 5) is 0. The van der Waals surface area contributed by atoms with E-state index in [9.17, 15) is 0 Å². The summed E-state index contributed by atoms with van der Waals surface area (Å²) in [5.41, 5.74) is 0. The van der Waals surface area contributed by atoms with E-state index in [1.165, 1.54) is 0 Å². The van der Waals surface area contributed by atoms with Crippen LogP contribution in [0.3, 0.4) is 0 Å². The van der Waals surface area contributed by atoms with E-state index < -0.39 is 0 Å². The Hall–Kier alpha value is 2.73. The molecule has 0 atom stereocenters. The van der Waals surface area contributed by atoms with E-state index in [-0.39, 0.29) is 98.7 Å². The molecule has 2 nitrogen and oxygen atoms in total. The van der Waals surface area contributed by atoms with E-state index in [0.29, 0.717) is 0 Å². The van der Waals surface area contributed by atoms with Crippen LogP contribution in [0.5, 0.6) is 0 Å². The maximum Gasteiger partial charge on any atom is 1.00 e. The van der Waals surface area contributed by atoms with Crippen LogP contribution in [0, 0.1) is 0 Å². The average molecular weight is 142 g/mol. The van der Waals surface area contributed by atoms with Crippen LogP contribution in [0.15, 0.2) is 0 Å². The van der Waals surface area contributed by atoms with E-state index in [0.717, 1.165) is 0 Å². The quantitative estimate of drug-likeness (QED) is 0.316. The summed E-state index contributed by atoms with van der Waals surface area (Å²) in [5.74, 6) is 0. The van der Waals surface area contributed by atoms with Gasteiger partial charge in [-0.1, -0.05) is 0 Å². The molecule has 0 aromatic heterocycles. The monoisotopic (exact) mass is 142 g/mol. The minimum atomic E-state index is 0. The molecule has 0 aromatic carbocycles. The molecule has 0 saturated heterocycles. The smallest absolute Gasteiger partial charge is 0.870 e. The Bertz CT molecular complexity index is 6.00. The molecule has 0 aliphatic carbocycles. The molecule has 4 heteroatoms. The summed E-state index contributed by atoms with van der Waals surface area (Å²) < 4.78 is 0. The molecule has 0 fully saturated rings. The Morgan fingerprint density at radius 3 is 0.750 bits per heavy atom. The maximum atomic E-state index is 0. The van der Waals surface area contributed by atoms with Crippen LogP contribution in [0.1, 0.15) is 0 Å². The third-order valence-corrected chi connectivity index (χ3v) is 0. The molecule has 0 amide bonds. The molecule has 0 aliphatic heterocycles. The summed E-state index contributed by atoms with van der Waals surface area (Å²) >= 11 is 0. The van der Waals surface area contributed by atoms with Crippen molar-refractivity contribution in [3.8, 4) is 0 Å². The maximum absolute atomic E-state index is 0. The van der Waals surface area contributed by atoms with Gasteiger partial charge in [-0.05, 0) is 0 Å². The van der Waals surface area contributed by atoms with Crippen molar-refractivity contribution < 1.29 is 98.7 Å². The molecule has 0 aliphatic rings. The van der Waals surface area contributed by atoms with Crippen LogP contribution in [0.4, 0.5) is 0 Å². The number of hydrogen-bond acceptors (Lipinski definition) is 2. The summed E-state index contributed by atoms with van der Waals surface area (Å²) in [7, 11) is 0. The second kappa shape index (κ2) is 17.2. The predicted octanol–water partition coefficient (Wildman–Crippen LogP) is -6.35. The van der Waals surface area contributed by atoms with Gasteiger partial charge in [-0.25, -0.2) is 0 Å². The van der Waals surface area contributed by atoms with Crippen molar-refractivity contribution in [2.45, 2.75) is 0 Å². The molecule has 4 heavy (non-hydrogen) atoms. The fraction of sp³-hybridized carbons (Fsp3) is 0. The molecule has 0 heterocycles. The van der Waals surface area contributed by atoms with Gasteiger partial charge >= 0.3 is 87.7 Å². The van der Waals surface area contributed by atoms with Crippen LogP contribution in [-0.2, 0) is 0 Å². The first-order valence-electron chi connectivity index (χ1n) is 0. The average Bonchev–Trinajstić information content (AvgIpc) is 0. The van der Waals surface area contributed by atoms with Crippen molar-refractivity contribution in [2.24, 2.45) is 0 Å². The SMILES string of the molecule is [Na+].[OH-].[OH-].[Rb+]. The predicted molar refractivity (Wildman–Crippen MR) is 3.87 cm³/mol. The van der Waals surface area contributed by atoms with Crippen molar-refractivity contribution >= 4 is 0 Å². The standard InChI is InChI=1S/Na.2H2O.Rb/h;2*1H2;/q+1;;;+1/p-2. The molecular weight excluding hydrogens is 140 g/mol. The molecule has 0 unspecified atom stereocenters. The van der Waals surface area contributed by atoms with Crippen molar-refractivity contribution in [2.75, 3.05) is 0 Å². The first-order chi connectivity index (χ1) is 0. The zero-order chi connectivity index (χ0) is 0. The number of rotatable bonds is 0. The third-order valence-electron chi connectivity index (χ3n) is 0. The molecule has 2 N–H and O–H groups in total. The molecule has 0 aromatic rings. The van der Waals surface area contributed by atoms with Gasteiger partial charge in [0, 0.05) is 0 Å². The Labute approximate surface area is 96.0 Å². The van der Waals surface area contributed by atoms with Gasteiger partial charge in [0.1, 0.15) is 0 Å². The molecule has 0 rings (SSSR count). The van der Waals surface area contributed by atoms with Crippen molar-refractivity contribution in [1.82, 2.24) is 0 Å². The van der Waals surface area contributed by atoms with E-state index >= 15 is 0 Å². The summed E-state index contributed by atoms with van der Waals surface area (Å²) in [6.07, 6.45) is 0. The van der Waals surface area contributed by atoms with Gasteiger partial charge in [-0.2, -0.15) is 0 Å². The van der Waals surface area contributed by atoms with Gasteiger partial charge in [0.2, 0.25) is 0 Å². The fourth-order valence-corrected chi connectivity index (χ4v) is 0. The first-order valence-corrected chi connectivity index (χ1v) is 0. The summed E-state index contributed by atoms with van der Waals surface area (Å²) in [6, 6.07) is 0. The normalized spacial score (nSPS) is 0. The molecule has 0 radical (unpaired) electrons. The fourth-order valence-electron chi connectivity index (χ4n) is 0. The van der Waals surface area contributed by atoms with Crippen LogP contribution in [0.25, 0.3) is 0 Å². The van der Waals surface area contributed by atoms with Gasteiger partial charge in [0.25, 0.3) is 0 Å². The number of hydrogen-bond donors (Lipinski definition) is 0. The third kappa shape index (κ3) is 8.83. The first kappa shape index (κ1) is 29.7.